The van der Waals surface area contributed by atoms with E-state index in [0.29, 0.717) is 4.31 Å². The zero-order valence-corrected chi connectivity index (χ0v) is 11.6. The highest BCUT2D eigenvalue weighted by molar-refractivity contribution is 7.89. The highest BCUT2D eigenvalue weighted by Gasteiger charge is 2.43. The van der Waals surface area contributed by atoms with E-state index in [1.54, 1.807) is 0 Å². The Morgan fingerprint density at radius 3 is 1.91 bits per heavy atom. The molecule has 0 aliphatic carbocycles. The van der Waals surface area contributed by atoms with Crippen molar-refractivity contribution >= 4 is 15.9 Å². The summed E-state index contributed by atoms with van der Waals surface area (Å²) >= 11 is 0. The van der Waals surface area contributed by atoms with Crippen LogP contribution in [-0.2, 0) is 14.8 Å². The molecule has 1 unspecified atom stereocenters. The van der Waals surface area contributed by atoms with E-state index in [1.165, 1.54) is 0 Å². The van der Waals surface area contributed by atoms with Crippen LogP contribution in [0.25, 0.3) is 0 Å². The molecule has 1 aliphatic rings. The van der Waals surface area contributed by atoms with Crippen molar-refractivity contribution in [2.75, 3.05) is 6.54 Å². The van der Waals surface area contributed by atoms with E-state index in [1.807, 2.05) is 0 Å². The van der Waals surface area contributed by atoms with Gasteiger partial charge in [-0.2, -0.15) is 4.31 Å². The van der Waals surface area contributed by atoms with Crippen LogP contribution in [0.4, 0.5) is 22.0 Å². The Balaban J connectivity index is 2.68. The molecule has 11 heteroatoms. The van der Waals surface area contributed by atoms with Gasteiger partial charge in [-0.3, -0.25) is 4.79 Å². The summed E-state index contributed by atoms with van der Waals surface area (Å²) in [5.74, 6) is -13.3. The summed E-state index contributed by atoms with van der Waals surface area (Å²) in [6, 6.07) is -1.40. The summed E-state index contributed by atoms with van der Waals surface area (Å²) in [4.78, 5) is 9.18. The molecule has 5 nitrogen and oxygen atoms in total. The van der Waals surface area contributed by atoms with Gasteiger partial charge in [0.15, 0.2) is 28.2 Å². The molecule has 0 radical (unpaired) electrons. The lowest BCUT2D eigenvalue weighted by Crippen LogP contribution is -2.44. The Hall–Kier alpha value is -1.75. The summed E-state index contributed by atoms with van der Waals surface area (Å²) in [7, 11) is -5.12. The maximum atomic E-state index is 13.6. The van der Waals surface area contributed by atoms with Crippen molar-refractivity contribution in [3.63, 3.8) is 0 Å². The molecule has 1 fully saturated rings. The fraction of sp³-hybridized carbons (Fsp3) is 0.364. The third-order valence-electron chi connectivity index (χ3n) is 3.27. The second-order valence-corrected chi connectivity index (χ2v) is 6.40. The van der Waals surface area contributed by atoms with E-state index in [9.17, 15) is 35.2 Å². The number of rotatable bonds is 3. The van der Waals surface area contributed by atoms with Gasteiger partial charge in [-0.1, -0.05) is 0 Å². The third kappa shape index (κ3) is 2.33. The van der Waals surface area contributed by atoms with Crippen LogP contribution in [0.2, 0.25) is 0 Å². The van der Waals surface area contributed by atoms with Gasteiger partial charge in [-0.25, -0.2) is 30.4 Å². The molecular formula is C11H9F5N2O3S. The molecule has 1 aliphatic heterocycles. The molecule has 1 aromatic rings. The zero-order chi connectivity index (χ0) is 16.8. The Labute approximate surface area is 121 Å². The van der Waals surface area contributed by atoms with Gasteiger partial charge < -0.3 is 5.73 Å². The SMILES string of the molecule is NC(=O)C1CCCN1S(=O)(=O)c1c(F)c(F)c(F)c(F)c1F. The number of sulfonamides is 1. The molecule has 2 rings (SSSR count). The molecule has 0 bridgehead atoms. The first-order chi connectivity index (χ1) is 10.1. The van der Waals surface area contributed by atoms with Gasteiger partial charge in [-0.05, 0) is 12.8 Å². The Bertz CT molecular complexity index is 724. The first-order valence-electron chi connectivity index (χ1n) is 5.93. The lowest BCUT2D eigenvalue weighted by Gasteiger charge is -2.22. The summed E-state index contributed by atoms with van der Waals surface area (Å²) in [6.07, 6.45) is 0.145. The molecule has 22 heavy (non-hydrogen) atoms. The molecule has 1 atom stereocenters. The Morgan fingerprint density at radius 2 is 1.45 bits per heavy atom. The van der Waals surface area contributed by atoms with Crippen molar-refractivity contribution < 1.29 is 35.2 Å². The first-order valence-corrected chi connectivity index (χ1v) is 7.37. The molecule has 1 aromatic carbocycles. The van der Waals surface area contributed by atoms with Gasteiger partial charge >= 0.3 is 0 Å². The monoisotopic (exact) mass is 344 g/mol. The van der Waals surface area contributed by atoms with Crippen LogP contribution >= 0.6 is 0 Å². The normalized spacial score (nSPS) is 19.6. The number of benzene rings is 1. The molecule has 0 aromatic heterocycles. The van der Waals surface area contributed by atoms with Gasteiger partial charge in [0.05, 0.1) is 0 Å². The van der Waals surface area contributed by atoms with Crippen molar-refractivity contribution in [3.8, 4) is 0 Å². The second kappa shape index (κ2) is 5.47. The van der Waals surface area contributed by atoms with Gasteiger partial charge in [0, 0.05) is 6.54 Å². The third-order valence-corrected chi connectivity index (χ3v) is 5.20. The summed E-state index contributed by atoms with van der Waals surface area (Å²) in [5, 5.41) is 0. The minimum atomic E-state index is -5.12. The molecule has 1 heterocycles. The molecular weight excluding hydrogens is 335 g/mol. The molecule has 0 saturated carbocycles. The molecule has 122 valence electrons. The fourth-order valence-corrected chi connectivity index (χ4v) is 4.02. The minimum absolute atomic E-state index is 0.00996. The van der Waals surface area contributed by atoms with Crippen LogP contribution in [0, 0.1) is 29.1 Å². The largest absolute Gasteiger partial charge is 0.368 e. The topological polar surface area (TPSA) is 80.5 Å². The van der Waals surface area contributed by atoms with Crippen LogP contribution < -0.4 is 5.73 Å². The Morgan fingerprint density at radius 1 is 1.00 bits per heavy atom. The van der Waals surface area contributed by atoms with Crippen molar-refractivity contribution in [1.29, 1.82) is 0 Å². The number of hydrogen-bond acceptors (Lipinski definition) is 3. The maximum absolute atomic E-state index is 13.6. The van der Waals surface area contributed by atoms with Crippen LogP contribution in [-0.4, -0.2) is 31.2 Å². The number of primary amides is 1. The predicted molar refractivity (Wildman–Crippen MR) is 62.3 cm³/mol. The minimum Gasteiger partial charge on any atom is -0.368 e. The van der Waals surface area contributed by atoms with Gasteiger partial charge in [0.2, 0.25) is 21.7 Å². The maximum Gasteiger partial charge on any atom is 0.249 e. The van der Waals surface area contributed by atoms with Crippen LogP contribution in [0.3, 0.4) is 0 Å². The molecule has 1 amide bonds. The number of hydrogen-bond donors (Lipinski definition) is 1. The Kier molecular flexibility index (Phi) is 4.13. The number of carbonyl (C=O) groups is 1. The van der Waals surface area contributed by atoms with Crippen molar-refractivity contribution in [2.45, 2.75) is 23.8 Å². The predicted octanol–water partition coefficient (Wildman–Crippen LogP) is 1.02. The highest BCUT2D eigenvalue weighted by atomic mass is 32.2. The number of nitrogens with two attached hydrogens (primary N) is 1. The van der Waals surface area contributed by atoms with E-state index in [0.717, 1.165) is 0 Å². The van der Waals surface area contributed by atoms with E-state index < -0.39 is 56.0 Å². The van der Waals surface area contributed by atoms with E-state index in [-0.39, 0.29) is 19.4 Å². The van der Waals surface area contributed by atoms with Crippen LogP contribution in [0.5, 0.6) is 0 Å². The highest BCUT2D eigenvalue weighted by Crippen LogP contribution is 2.32. The number of halogens is 5. The van der Waals surface area contributed by atoms with Crippen molar-refractivity contribution in [2.24, 2.45) is 5.73 Å². The summed E-state index contributed by atoms with van der Waals surface area (Å²) < 4.78 is 91.2. The van der Waals surface area contributed by atoms with Gasteiger partial charge in [0.1, 0.15) is 6.04 Å². The first kappa shape index (κ1) is 16.6. The number of amides is 1. The second-order valence-electron chi connectivity index (χ2n) is 4.58. The number of nitrogens with zero attached hydrogens (tertiary/aromatic N) is 1. The molecule has 1 saturated heterocycles. The van der Waals surface area contributed by atoms with E-state index in [4.69, 9.17) is 5.73 Å². The van der Waals surface area contributed by atoms with E-state index >= 15 is 0 Å². The summed E-state index contributed by atoms with van der Waals surface area (Å²) in [5.41, 5.74) is 4.98. The lowest BCUT2D eigenvalue weighted by atomic mass is 10.2. The van der Waals surface area contributed by atoms with Crippen LogP contribution in [0.1, 0.15) is 12.8 Å². The fourth-order valence-electron chi connectivity index (χ4n) is 2.24. The lowest BCUT2D eigenvalue weighted by molar-refractivity contribution is -0.121. The van der Waals surface area contributed by atoms with Crippen LogP contribution in [0.15, 0.2) is 4.90 Å². The molecule has 0 spiro atoms. The smallest absolute Gasteiger partial charge is 0.249 e. The van der Waals surface area contributed by atoms with Gasteiger partial charge in [0.25, 0.3) is 0 Å². The zero-order valence-electron chi connectivity index (χ0n) is 10.7. The number of carbonyl (C=O) groups excluding carboxylic acids is 1. The molecule has 2 N–H and O–H groups in total. The van der Waals surface area contributed by atoms with Crippen molar-refractivity contribution in [1.82, 2.24) is 4.31 Å². The van der Waals surface area contributed by atoms with Crippen molar-refractivity contribution in [3.05, 3.63) is 29.1 Å². The average Bonchev–Trinajstić information content (AvgIpc) is 2.93. The average molecular weight is 344 g/mol. The van der Waals surface area contributed by atoms with E-state index in [2.05, 4.69) is 0 Å². The van der Waals surface area contributed by atoms with Gasteiger partial charge in [-0.15, -0.1) is 0 Å². The standard InChI is InChI=1S/C11H9F5N2O3S/c12-5-6(13)8(15)10(9(16)7(5)14)22(20,21)18-3-1-2-4(18)11(17)19/h4H,1-3H2,(H2,17,19). The summed E-state index contributed by atoms with van der Waals surface area (Å²) in [6.45, 7) is -0.324. The quantitative estimate of drug-likeness (QED) is 0.505.